The molecular formula is C31H31LiNO3S+. The maximum Gasteiger partial charge on any atom is 1.00 e. The van der Waals surface area contributed by atoms with Crippen molar-refractivity contribution in [2.24, 2.45) is 0 Å². The SMILES string of the molecule is CSCCC(NC(=O)c1ccc(CCc2cccc3ccccc23)cc1-c1ccccc1C)C(=O)O.[Li+]. The number of aryl methyl sites for hydroxylation is 3. The number of carbonyl (C=O) groups excluding carboxylic acids is 1. The topological polar surface area (TPSA) is 66.4 Å². The zero-order chi connectivity index (χ0) is 25.5. The first-order chi connectivity index (χ1) is 17.5. The molecule has 0 saturated heterocycles. The van der Waals surface area contributed by atoms with Gasteiger partial charge >= 0.3 is 24.8 Å². The fourth-order valence-electron chi connectivity index (χ4n) is 4.56. The molecule has 184 valence electrons. The number of rotatable bonds is 10. The number of thioether (sulfide) groups is 1. The van der Waals surface area contributed by atoms with E-state index in [1.54, 1.807) is 11.8 Å². The van der Waals surface area contributed by atoms with E-state index >= 15 is 0 Å². The number of hydrogen-bond donors (Lipinski definition) is 2. The van der Waals surface area contributed by atoms with Gasteiger partial charge in [-0.2, -0.15) is 11.8 Å². The third-order valence-corrected chi connectivity index (χ3v) is 7.18. The second kappa shape index (κ2) is 13.5. The Kier molecular flexibility index (Phi) is 10.5. The van der Waals surface area contributed by atoms with Crippen LogP contribution in [0.25, 0.3) is 21.9 Å². The van der Waals surface area contributed by atoms with Gasteiger partial charge in [0.25, 0.3) is 5.91 Å². The summed E-state index contributed by atoms with van der Waals surface area (Å²) in [5.74, 6) is -0.710. The predicted molar refractivity (Wildman–Crippen MR) is 150 cm³/mol. The summed E-state index contributed by atoms with van der Waals surface area (Å²) in [6.45, 7) is 2.03. The van der Waals surface area contributed by atoms with E-state index in [9.17, 15) is 14.7 Å². The summed E-state index contributed by atoms with van der Waals surface area (Å²) in [4.78, 5) is 25.0. The first kappa shape index (κ1) is 28.6. The minimum Gasteiger partial charge on any atom is -0.480 e. The molecule has 4 aromatic rings. The van der Waals surface area contributed by atoms with E-state index in [-0.39, 0.29) is 24.8 Å². The van der Waals surface area contributed by atoms with Gasteiger partial charge in [-0.3, -0.25) is 4.79 Å². The molecule has 1 atom stereocenters. The van der Waals surface area contributed by atoms with Crippen LogP contribution in [0.2, 0.25) is 0 Å². The van der Waals surface area contributed by atoms with Crippen molar-refractivity contribution in [1.82, 2.24) is 5.32 Å². The Morgan fingerprint density at radius 3 is 2.38 bits per heavy atom. The molecule has 4 nitrogen and oxygen atoms in total. The Morgan fingerprint density at radius 2 is 1.62 bits per heavy atom. The third-order valence-electron chi connectivity index (χ3n) is 6.54. The van der Waals surface area contributed by atoms with Crippen molar-refractivity contribution in [2.45, 2.75) is 32.2 Å². The Hall–Kier alpha value is -2.97. The van der Waals surface area contributed by atoms with E-state index in [0.717, 1.165) is 35.1 Å². The summed E-state index contributed by atoms with van der Waals surface area (Å²) in [5.41, 5.74) is 5.80. The smallest absolute Gasteiger partial charge is 0.480 e. The normalized spacial score (nSPS) is 11.5. The van der Waals surface area contributed by atoms with E-state index < -0.39 is 12.0 Å². The van der Waals surface area contributed by atoms with Crippen LogP contribution in [0.1, 0.15) is 33.5 Å². The van der Waals surface area contributed by atoms with Gasteiger partial charge in [-0.25, -0.2) is 4.79 Å². The van der Waals surface area contributed by atoms with Gasteiger partial charge in [-0.1, -0.05) is 78.9 Å². The molecule has 4 aromatic carbocycles. The summed E-state index contributed by atoms with van der Waals surface area (Å²) in [6, 6.07) is 27.8. The number of hydrogen-bond acceptors (Lipinski definition) is 3. The number of fused-ring (bicyclic) bond motifs is 1. The van der Waals surface area contributed by atoms with Gasteiger partial charge in [0, 0.05) is 5.56 Å². The first-order valence-electron chi connectivity index (χ1n) is 12.2. The van der Waals surface area contributed by atoms with Gasteiger partial charge in [0.2, 0.25) is 0 Å². The van der Waals surface area contributed by atoms with Gasteiger partial charge in [0.05, 0.1) is 0 Å². The number of benzene rings is 4. The average Bonchev–Trinajstić information content (AvgIpc) is 2.89. The fraction of sp³-hybridized carbons (Fsp3) is 0.226. The van der Waals surface area contributed by atoms with Crippen molar-refractivity contribution in [3.05, 3.63) is 107 Å². The van der Waals surface area contributed by atoms with Gasteiger partial charge < -0.3 is 10.4 Å². The number of carboxylic acids is 1. The predicted octanol–water partition coefficient (Wildman–Crippen LogP) is 3.54. The van der Waals surface area contributed by atoms with Crippen molar-refractivity contribution in [3.63, 3.8) is 0 Å². The number of nitrogens with one attached hydrogen (secondary N) is 1. The molecule has 0 aliphatic rings. The fourth-order valence-corrected chi connectivity index (χ4v) is 5.03. The standard InChI is InChI=1S/C31H31NO3S.Li/c1-21-8-3-5-12-25(21)28-20-22(14-16-24-11-7-10-23-9-4-6-13-26(23)24)15-17-27(28)30(33)32-29(31(34)35)18-19-36-2;/h3-13,15,17,20,29H,14,16,18-19H2,1-2H3,(H,32,33)(H,34,35);/q;+1. The van der Waals surface area contributed by atoms with Crippen LogP contribution >= 0.6 is 11.8 Å². The Labute approximate surface area is 235 Å². The maximum absolute atomic E-state index is 13.3. The second-order valence-corrected chi connectivity index (χ2v) is 9.96. The number of amides is 1. The largest absolute Gasteiger partial charge is 1.00 e. The van der Waals surface area contributed by atoms with Crippen molar-refractivity contribution in [2.75, 3.05) is 12.0 Å². The van der Waals surface area contributed by atoms with Crippen molar-refractivity contribution < 1.29 is 33.6 Å². The molecule has 1 amide bonds. The zero-order valence-electron chi connectivity index (χ0n) is 21.7. The van der Waals surface area contributed by atoms with Crippen LogP contribution < -0.4 is 24.2 Å². The monoisotopic (exact) mass is 504 g/mol. The van der Waals surface area contributed by atoms with Gasteiger partial charge in [-0.05, 0) is 82.9 Å². The quantitative estimate of drug-likeness (QED) is 0.324. The van der Waals surface area contributed by atoms with Crippen LogP contribution in [-0.4, -0.2) is 35.0 Å². The van der Waals surface area contributed by atoms with Gasteiger partial charge in [0.15, 0.2) is 0 Å². The third kappa shape index (κ3) is 7.08. The molecule has 0 bridgehead atoms. The van der Waals surface area contributed by atoms with E-state index in [2.05, 4.69) is 53.8 Å². The minimum absolute atomic E-state index is 0. The number of carbonyl (C=O) groups is 2. The van der Waals surface area contributed by atoms with E-state index in [1.165, 1.54) is 16.3 Å². The van der Waals surface area contributed by atoms with Gasteiger partial charge in [0.1, 0.15) is 6.04 Å². The number of aliphatic carboxylic acids is 1. The van der Waals surface area contributed by atoms with Crippen molar-refractivity contribution >= 4 is 34.4 Å². The van der Waals surface area contributed by atoms with E-state index in [4.69, 9.17) is 0 Å². The molecule has 37 heavy (non-hydrogen) atoms. The maximum atomic E-state index is 13.3. The molecule has 1 unspecified atom stereocenters. The molecule has 0 aliphatic heterocycles. The second-order valence-electron chi connectivity index (χ2n) is 8.98. The van der Waals surface area contributed by atoms with Crippen LogP contribution in [-0.2, 0) is 17.6 Å². The summed E-state index contributed by atoms with van der Waals surface area (Å²) >= 11 is 1.56. The minimum atomic E-state index is -1.01. The Balaban J connectivity index is 0.00000380. The molecule has 0 heterocycles. The van der Waals surface area contributed by atoms with Crippen molar-refractivity contribution in [3.8, 4) is 11.1 Å². The van der Waals surface area contributed by atoms with Crippen LogP contribution in [0.5, 0.6) is 0 Å². The van der Waals surface area contributed by atoms with Crippen LogP contribution in [0, 0.1) is 6.92 Å². The van der Waals surface area contributed by atoms with Crippen molar-refractivity contribution in [1.29, 1.82) is 0 Å². The number of carboxylic acid groups (broad SMARTS) is 1. The molecule has 0 spiro atoms. The summed E-state index contributed by atoms with van der Waals surface area (Å²) in [7, 11) is 0. The average molecular weight is 505 g/mol. The van der Waals surface area contributed by atoms with Crippen LogP contribution in [0.15, 0.2) is 84.9 Å². The molecule has 6 heteroatoms. The molecule has 0 aromatic heterocycles. The van der Waals surface area contributed by atoms with Gasteiger partial charge in [-0.15, -0.1) is 0 Å². The first-order valence-corrected chi connectivity index (χ1v) is 13.6. The van der Waals surface area contributed by atoms with Crippen LogP contribution in [0.4, 0.5) is 0 Å². The molecule has 4 rings (SSSR count). The molecule has 0 aliphatic carbocycles. The molecule has 0 radical (unpaired) electrons. The summed E-state index contributed by atoms with van der Waals surface area (Å²) < 4.78 is 0. The molecular weight excluding hydrogens is 473 g/mol. The molecule has 0 fully saturated rings. The Morgan fingerprint density at radius 1 is 0.892 bits per heavy atom. The summed E-state index contributed by atoms with van der Waals surface area (Å²) in [6.07, 6.45) is 4.02. The van der Waals surface area contributed by atoms with E-state index in [1.807, 2.05) is 49.6 Å². The van der Waals surface area contributed by atoms with E-state index in [0.29, 0.717) is 17.7 Å². The Bertz CT molecular complexity index is 1380. The zero-order valence-corrected chi connectivity index (χ0v) is 22.5. The van der Waals surface area contributed by atoms with Crippen LogP contribution in [0.3, 0.4) is 0 Å². The molecule has 2 N–H and O–H groups in total. The summed E-state index contributed by atoms with van der Waals surface area (Å²) in [5, 5.41) is 14.8. The molecule has 0 saturated carbocycles.